The minimum atomic E-state index is 1.11. The van der Waals surface area contributed by atoms with Gasteiger partial charge in [-0.3, -0.25) is 0 Å². The Morgan fingerprint density at radius 3 is 0.821 bits per heavy atom. The highest BCUT2D eigenvalue weighted by molar-refractivity contribution is 6.30. The molecule has 0 aliphatic carbocycles. The largest absolute Gasteiger partial charge is 0.311 e. The molecule has 0 atom stereocenters. The summed E-state index contributed by atoms with van der Waals surface area (Å²) in [5, 5.41) is 20.4. The van der Waals surface area contributed by atoms with E-state index in [1.54, 1.807) is 0 Å². The third-order valence-corrected chi connectivity index (χ3v) is 22.7. The maximum Gasteiger partial charge on any atom is 0.0547 e. The summed E-state index contributed by atoms with van der Waals surface area (Å²) in [5.74, 6) is 0. The van der Waals surface area contributed by atoms with Crippen molar-refractivity contribution in [3.8, 4) is 55.9 Å². The van der Waals surface area contributed by atoms with Crippen molar-refractivity contribution in [3.63, 3.8) is 0 Å². The zero-order valence-electron chi connectivity index (χ0n) is 61.4. The van der Waals surface area contributed by atoms with Gasteiger partial charge in [-0.2, -0.15) is 0 Å². The smallest absolute Gasteiger partial charge is 0.0547 e. The van der Waals surface area contributed by atoms with Crippen molar-refractivity contribution in [1.29, 1.82) is 0 Å². The fourth-order valence-corrected chi connectivity index (χ4v) is 17.3. The van der Waals surface area contributed by atoms with Gasteiger partial charge in [-0.05, 0) is 243 Å². The zero-order chi connectivity index (χ0) is 74.0. The number of para-hydroxylation sites is 2. The fraction of sp³-hybridized carbons (Fsp3) is 0. The lowest BCUT2D eigenvalue weighted by Crippen LogP contribution is -2.09. The van der Waals surface area contributed by atoms with E-state index in [9.17, 15) is 0 Å². The first kappa shape index (κ1) is 65.5. The molecule has 20 aromatic carbocycles. The highest BCUT2D eigenvalue weighted by Gasteiger charge is 2.22. The molecule has 4 heteroatoms. The Balaban J connectivity index is 0.000000141. The van der Waals surface area contributed by atoms with Crippen LogP contribution in [0, 0.1) is 0 Å². The number of anilines is 6. The van der Waals surface area contributed by atoms with Gasteiger partial charge in [-0.1, -0.05) is 303 Å². The maximum atomic E-state index is 2.44. The van der Waals surface area contributed by atoms with Gasteiger partial charge in [-0.15, -0.1) is 0 Å². The van der Waals surface area contributed by atoms with Crippen LogP contribution < -0.4 is 9.80 Å². The zero-order valence-corrected chi connectivity index (χ0v) is 61.4. The molecule has 0 saturated heterocycles. The molecule has 2 heterocycles. The third kappa shape index (κ3) is 11.6. The molecule has 22 rings (SSSR count). The molecule has 0 unspecified atom stereocenters. The lowest BCUT2D eigenvalue weighted by molar-refractivity contribution is 1.18. The van der Waals surface area contributed by atoms with E-state index in [-0.39, 0.29) is 0 Å². The molecule has 0 fully saturated rings. The van der Waals surface area contributed by atoms with Crippen LogP contribution in [0.2, 0.25) is 0 Å². The number of aromatic nitrogens is 2. The summed E-state index contributed by atoms with van der Waals surface area (Å²) in [6.07, 6.45) is 0. The quantitative estimate of drug-likeness (QED) is 0.121. The molecule has 4 nitrogen and oxygen atoms in total. The average Bonchev–Trinajstić information content (AvgIpc) is 1.57. The molecule has 0 radical (unpaired) electrons. The van der Waals surface area contributed by atoms with Crippen LogP contribution in [0.3, 0.4) is 0 Å². The average molecular weight is 1430 g/mol. The second-order valence-electron chi connectivity index (χ2n) is 29.1. The lowest BCUT2D eigenvalue weighted by atomic mass is 10.00. The minimum Gasteiger partial charge on any atom is -0.311 e. The summed E-state index contributed by atoms with van der Waals surface area (Å²) in [7, 11) is 0. The van der Waals surface area contributed by atoms with Crippen LogP contribution in [0.5, 0.6) is 0 Å². The van der Waals surface area contributed by atoms with Gasteiger partial charge in [0.25, 0.3) is 0 Å². The van der Waals surface area contributed by atoms with Gasteiger partial charge in [0.1, 0.15) is 0 Å². The van der Waals surface area contributed by atoms with Gasteiger partial charge in [0.05, 0.1) is 22.1 Å². The molecular formula is C108H72N4. The van der Waals surface area contributed by atoms with Crippen molar-refractivity contribution in [1.82, 2.24) is 9.13 Å². The second kappa shape index (κ2) is 27.7. The minimum absolute atomic E-state index is 1.11. The molecule has 0 amide bonds. The first-order valence-corrected chi connectivity index (χ1v) is 38.5. The van der Waals surface area contributed by atoms with E-state index in [4.69, 9.17) is 0 Å². The third-order valence-electron chi connectivity index (χ3n) is 22.7. The molecular weight excluding hydrogens is 1350 g/mol. The summed E-state index contributed by atoms with van der Waals surface area (Å²) >= 11 is 0. The Morgan fingerprint density at radius 2 is 0.411 bits per heavy atom. The maximum absolute atomic E-state index is 2.44. The molecule has 0 bridgehead atoms. The van der Waals surface area contributed by atoms with Crippen molar-refractivity contribution in [2.24, 2.45) is 0 Å². The predicted octanol–water partition coefficient (Wildman–Crippen LogP) is 30.1. The van der Waals surface area contributed by atoms with Crippen LogP contribution in [-0.2, 0) is 0 Å². The van der Waals surface area contributed by atoms with Crippen LogP contribution in [0.15, 0.2) is 437 Å². The van der Waals surface area contributed by atoms with Gasteiger partial charge in [0, 0.05) is 67.0 Å². The molecule has 0 N–H and O–H groups in total. The molecule has 0 aliphatic rings. The second-order valence-corrected chi connectivity index (χ2v) is 29.1. The highest BCUT2D eigenvalue weighted by Crippen LogP contribution is 2.46. The molecule has 2 aromatic heterocycles. The first-order valence-electron chi connectivity index (χ1n) is 38.5. The van der Waals surface area contributed by atoms with Crippen molar-refractivity contribution >= 4 is 142 Å². The Labute approximate surface area is 649 Å². The molecule has 0 aliphatic heterocycles. The Bertz CT molecular complexity index is 7160. The molecule has 22 aromatic rings. The van der Waals surface area contributed by atoms with Crippen molar-refractivity contribution in [2.75, 3.05) is 9.80 Å². The number of rotatable bonds is 12. The first-order chi connectivity index (χ1) is 55.5. The van der Waals surface area contributed by atoms with Crippen molar-refractivity contribution in [2.45, 2.75) is 0 Å². The van der Waals surface area contributed by atoms with Crippen LogP contribution in [0.1, 0.15) is 0 Å². The molecule has 524 valence electrons. The van der Waals surface area contributed by atoms with Crippen molar-refractivity contribution < 1.29 is 0 Å². The number of fused-ring (bicyclic) bond motifs is 16. The van der Waals surface area contributed by atoms with Gasteiger partial charge < -0.3 is 18.9 Å². The van der Waals surface area contributed by atoms with Crippen LogP contribution in [0.25, 0.3) is 164 Å². The molecule has 112 heavy (non-hydrogen) atoms. The summed E-state index contributed by atoms with van der Waals surface area (Å²) in [5.41, 5.74) is 23.4. The summed E-state index contributed by atoms with van der Waals surface area (Å²) in [4.78, 5) is 4.67. The van der Waals surface area contributed by atoms with E-state index in [1.807, 2.05) is 0 Å². The van der Waals surface area contributed by atoms with E-state index in [0.717, 1.165) is 45.5 Å². The van der Waals surface area contributed by atoms with Crippen LogP contribution >= 0.6 is 0 Å². The normalized spacial score (nSPS) is 11.6. The fourth-order valence-electron chi connectivity index (χ4n) is 17.3. The SMILES string of the molecule is c1ccc(N(c2ccc(-c3ccc(-n4c5ccc6ccccc6c5c5c6ccccc6ccc54)cc3)cc2)c2cccc(-c3ccc4ccccc4c3)c2)cc1.c1ccc(N(c2ccc(-c3cccc(-n4c5ccc6ccccc6c5c5c6ccccc6ccc54)c3)cc2)c2ccc(-c3ccc4ccccc4c3)cc2)cc1. The number of hydrogen-bond donors (Lipinski definition) is 0. The number of nitrogens with zero attached hydrogens (tertiary/aromatic N) is 4. The summed E-state index contributed by atoms with van der Waals surface area (Å²) in [6, 6.07) is 159. The summed E-state index contributed by atoms with van der Waals surface area (Å²) in [6.45, 7) is 0. The topological polar surface area (TPSA) is 16.3 Å². The van der Waals surface area contributed by atoms with E-state index < -0.39 is 0 Å². The van der Waals surface area contributed by atoms with E-state index in [1.165, 1.54) is 153 Å². The van der Waals surface area contributed by atoms with Gasteiger partial charge in [0.15, 0.2) is 0 Å². The number of hydrogen-bond acceptors (Lipinski definition) is 2. The van der Waals surface area contributed by atoms with Gasteiger partial charge in [0.2, 0.25) is 0 Å². The number of benzene rings is 20. The Hall–Kier alpha value is -14.8. The summed E-state index contributed by atoms with van der Waals surface area (Å²) < 4.78 is 4.88. The highest BCUT2D eigenvalue weighted by atomic mass is 15.1. The van der Waals surface area contributed by atoms with E-state index in [0.29, 0.717) is 0 Å². The van der Waals surface area contributed by atoms with Crippen molar-refractivity contribution in [3.05, 3.63) is 437 Å². The monoisotopic (exact) mass is 1420 g/mol. The molecule has 0 spiro atoms. The van der Waals surface area contributed by atoms with Gasteiger partial charge >= 0.3 is 0 Å². The van der Waals surface area contributed by atoms with Crippen LogP contribution in [-0.4, -0.2) is 9.13 Å². The Morgan fingerprint density at radius 1 is 0.143 bits per heavy atom. The molecule has 0 saturated carbocycles. The lowest BCUT2D eigenvalue weighted by Gasteiger charge is -2.26. The van der Waals surface area contributed by atoms with Gasteiger partial charge in [-0.25, -0.2) is 0 Å². The van der Waals surface area contributed by atoms with Crippen LogP contribution in [0.4, 0.5) is 34.1 Å². The standard InChI is InChI=1S/2C54H36N2/c1-2-16-45(17-3-1)55(47-31-25-39(26-32-47)44-22-21-37-11-4-5-14-42(37)35-44)46-29-23-38(24-30-46)43-15-10-18-48(36-43)56-51-33-27-40-12-6-8-19-49(40)53(51)54-50-20-9-7-13-41(50)28-34-52(54)56;1-2-16-45(17-3-1)55(48-18-10-15-43(36-48)44-22-21-37-11-4-5-14-42(37)35-44)46-29-23-38(24-30-46)39-25-31-47(32-26-39)56-51-33-27-40-12-6-8-19-49(40)53(51)54-50-20-9-7-13-41(50)28-34-52(54)56/h2*1-36H. The Kier molecular flexibility index (Phi) is 16.2. The van der Waals surface area contributed by atoms with E-state index in [2.05, 4.69) is 456 Å². The predicted molar refractivity (Wildman–Crippen MR) is 478 cm³/mol. The van der Waals surface area contributed by atoms with E-state index >= 15 is 0 Å².